The van der Waals surface area contributed by atoms with E-state index in [1.54, 1.807) is 0 Å². The van der Waals surface area contributed by atoms with Crippen molar-refractivity contribution in [2.45, 2.75) is 47.8 Å². The molecule has 2 atom stereocenters. The van der Waals surface area contributed by atoms with Gasteiger partial charge in [-0.3, -0.25) is 0 Å². The van der Waals surface area contributed by atoms with Crippen molar-refractivity contribution >= 4 is 45.0 Å². The number of carbonyl (C=O) groups excluding carboxylic acids is 4. The first-order valence-corrected chi connectivity index (χ1v) is 11.7. The molecule has 0 saturated heterocycles. The van der Waals surface area contributed by atoms with Crippen LogP contribution in [-0.2, 0) is 19.2 Å². The molecule has 0 rings (SSSR count). The number of rotatable bonds is 6. The van der Waals surface area contributed by atoms with Crippen molar-refractivity contribution in [3.8, 4) is 0 Å². The molecule has 10 nitrogen and oxygen atoms in total. The average Bonchev–Trinajstić information content (AvgIpc) is 2.26. The zero-order chi connectivity index (χ0) is 19.4. The van der Waals surface area contributed by atoms with Crippen LogP contribution >= 0.6 is 0 Å². The van der Waals surface area contributed by atoms with Gasteiger partial charge in [0.2, 0.25) is 0 Å². The Balaban J connectivity index is -0.000000297. The zero-order valence-electron chi connectivity index (χ0n) is 13.1. The van der Waals surface area contributed by atoms with Crippen LogP contribution in [0.4, 0.5) is 0 Å². The summed E-state index contributed by atoms with van der Waals surface area (Å²) in [4.78, 5) is 43.9. The van der Waals surface area contributed by atoms with Gasteiger partial charge in [0.15, 0.2) is 0 Å². The van der Waals surface area contributed by atoms with Gasteiger partial charge >= 0.3 is 31.0 Å². The molecule has 2 N–H and O–H groups in total. The van der Waals surface area contributed by atoms with Crippen LogP contribution in [0.3, 0.4) is 0 Å². The Morgan fingerprint density at radius 3 is 1.00 bits per heavy atom. The summed E-state index contributed by atoms with van der Waals surface area (Å²) in [5.41, 5.74) is -4.67. The molecule has 0 spiro atoms. The average molecular weight is 441 g/mol. The van der Waals surface area contributed by atoms with Crippen LogP contribution in [0.15, 0.2) is 0 Å². The van der Waals surface area contributed by atoms with Gasteiger partial charge in [0.1, 0.15) is 11.2 Å². The van der Waals surface area contributed by atoms with Crippen LogP contribution in [0.25, 0.3) is 0 Å². The fourth-order valence-electron chi connectivity index (χ4n) is 0.706. The summed E-state index contributed by atoms with van der Waals surface area (Å²) in [7, 11) is 0. The van der Waals surface area contributed by atoms with Crippen LogP contribution in [0, 0.1) is 0 Å². The number of aliphatic carboxylic acids is 4. The van der Waals surface area contributed by atoms with Crippen molar-refractivity contribution < 1.29 is 49.8 Å². The van der Waals surface area contributed by atoms with Gasteiger partial charge in [0.25, 0.3) is 0 Å². The zero-order valence-corrected chi connectivity index (χ0v) is 15.9. The Morgan fingerprint density at radius 2 is 0.957 bits per heavy atom. The Bertz CT molecular complexity index is 378. The normalized spacial score (nSPS) is 14.5. The summed E-state index contributed by atoms with van der Waals surface area (Å²) in [6, 6.07) is 0. The molecule has 0 aromatic rings. The van der Waals surface area contributed by atoms with Crippen LogP contribution < -0.4 is 20.4 Å². The standard InChI is InChI=1S/2C5H8O5.2CH3.Sn/c2*1-5(10,4(8)9)2-3(6)7;;;/h2*10H,2H2,1H3,(H,6,7)(H,8,9);2*1H3;/q;;;;+4/p-4. The van der Waals surface area contributed by atoms with Crippen molar-refractivity contribution in [2.75, 3.05) is 0 Å². The summed E-state index contributed by atoms with van der Waals surface area (Å²) in [5.74, 6) is -6.91. The molecule has 130 valence electrons. The van der Waals surface area contributed by atoms with Crippen molar-refractivity contribution in [2.24, 2.45) is 0 Å². The maximum absolute atomic E-state index is 9.90. The first-order valence-electron chi connectivity index (χ1n) is 5.99. The van der Waals surface area contributed by atoms with Gasteiger partial charge in [-0.15, -0.1) is 0 Å². The second-order valence-corrected chi connectivity index (χ2v) is 7.57. The quantitative estimate of drug-likeness (QED) is 0.374. The van der Waals surface area contributed by atoms with Crippen molar-refractivity contribution in [1.82, 2.24) is 0 Å². The van der Waals surface area contributed by atoms with Gasteiger partial charge in [-0.05, 0) is 13.8 Å². The molecular formula is C12H18O10Sn. The van der Waals surface area contributed by atoms with Gasteiger partial charge in [-0.2, -0.15) is 0 Å². The van der Waals surface area contributed by atoms with Crippen molar-refractivity contribution in [3.63, 3.8) is 0 Å². The van der Waals surface area contributed by atoms with Crippen LogP contribution in [0.5, 0.6) is 0 Å². The number of carboxylic acids is 4. The van der Waals surface area contributed by atoms with E-state index < -0.39 is 47.9 Å². The van der Waals surface area contributed by atoms with Crippen molar-refractivity contribution in [1.29, 1.82) is 0 Å². The number of carboxylic acid groups (broad SMARTS) is 4. The van der Waals surface area contributed by atoms with E-state index in [-0.39, 0.29) is 21.1 Å². The van der Waals surface area contributed by atoms with Crippen LogP contribution in [-0.4, -0.2) is 66.4 Å². The summed E-state index contributed by atoms with van der Waals surface area (Å²) < 4.78 is 0. The fraction of sp³-hybridized carbons (Fsp3) is 0.667. The summed E-state index contributed by atoms with van der Waals surface area (Å²) in [5, 5.41) is 56.7. The minimum absolute atomic E-state index is 0.230. The van der Waals surface area contributed by atoms with E-state index in [0.717, 1.165) is 13.8 Å². The molecular weight excluding hydrogens is 423 g/mol. The monoisotopic (exact) mass is 442 g/mol. The third-order valence-corrected chi connectivity index (χ3v) is 1.86. The number of hydrogen-bond acceptors (Lipinski definition) is 10. The number of hydrogen-bond donors (Lipinski definition) is 2. The predicted octanol–water partition coefficient (Wildman–Crippen LogP) is -5.96. The molecule has 2 unspecified atom stereocenters. The van der Waals surface area contributed by atoms with Gasteiger partial charge in [-0.25, -0.2) is 0 Å². The Morgan fingerprint density at radius 1 is 0.783 bits per heavy atom. The molecule has 0 bridgehead atoms. The molecule has 0 heterocycles. The number of carbonyl (C=O) groups is 4. The third kappa shape index (κ3) is 16.8. The topological polar surface area (TPSA) is 201 Å². The number of aliphatic hydroxyl groups is 2. The second-order valence-electron chi connectivity index (χ2n) is 4.72. The molecule has 0 aliphatic heterocycles. The molecule has 0 saturated carbocycles. The Kier molecular flexibility index (Phi) is 13.9. The third-order valence-electron chi connectivity index (χ3n) is 1.86. The Hall–Kier alpha value is -1.40. The minimum atomic E-state index is -2.33. The molecule has 23 heavy (non-hydrogen) atoms. The van der Waals surface area contributed by atoms with E-state index in [9.17, 15) is 39.6 Å². The molecule has 0 aliphatic carbocycles. The van der Waals surface area contributed by atoms with Gasteiger partial charge in [-0.1, -0.05) is 0 Å². The first kappa shape index (κ1) is 26.5. The summed E-state index contributed by atoms with van der Waals surface area (Å²) in [6.07, 6.45) is -1.93. The van der Waals surface area contributed by atoms with Crippen LogP contribution in [0.1, 0.15) is 26.7 Å². The molecule has 0 aromatic carbocycles. The molecule has 11 heteroatoms. The van der Waals surface area contributed by atoms with Crippen molar-refractivity contribution in [3.05, 3.63) is 0 Å². The fourth-order valence-corrected chi connectivity index (χ4v) is 0.706. The van der Waals surface area contributed by atoms with E-state index in [0.29, 0.717) is 0 Å². The molecule has 0 amide bonds. The van der Waals surface area contributed by atoms with Gasteiger partial charge < -0.3 is 49.8 Å². The summed E-state index contributed by atoms with van der Waals surface area (Å²) in [6.45, 7) is 1.66. The van der Waals surface area contributed by atoms with Gasteiger partial charge in [0.05, 0.1) is 11.9 Å². The van der Waals surface area contributed by atoms with Crippen LogP contribution in [0.2, 0.25) is 9.88 Å². The summed E-state index contributed by atoms with van der Waals surface area (Å²) >= 11 is 0.230. The van der Waals surface area contributed by atoms with E-state index in [4.69, 9.17) is 10.2 Å². The maximum atomic E-state index is 9.90. The van der Waals surface area contributed by atoms with E-state index in [1.807, 2.05) is 0 Å². The second kappa shape index (κ2) is 12.1. The Labute approximate surface area is 143 Å². The van der Waals surface area contributed by atoms with E-state index in [1.165, 1.54) is 0 Å². The molecule has 0 aliphatic rings. The first-order chi connectivity index (χ1) is 10.1. The molecule has 6 radical (unpaired) electrons. The SMILES string of the molecule is CC(O)(CC(=O)[O-])C(=O)[O-].CC(O)(CC(=O)[O-])C(=O)[O-].[CH3][Sn+4][CH3]. The van der Waals surface area contributed by atoms with E-state index >= 15 is 0 Å². The molecule has 0 fully saturated rings. The van der Waals surface area contributed by atoms with E-state index in [2.05, 4.69) is 9.88 Å². The molecule has 0 aromatic heterocycles. The predicted molar refractivity (Wildman–Crippen MR) is 68.0 cm³/mol. The van der Waals surface area contributed by atoms with Gasteiger partial charge in [0, 0.05) is 24.8 Å².